The summed E-state index contributed by atoms with van der Waals surface area (Å²) in [7, 11) is 0. The maximum Gasteiger partial charge on any atom is 0.149 e. The Hall–Kier alpha value is -5.15. The highest BCUT2D eigenvalue weighted by Crippen LogP contribution is 2.39. The predicted molar refractivity (Wildman–Crippen MR) is 171 cm³/mol. The van der Waals surface area contributed by atoms with E-state index in [4.69, 9.17) is 9.40 Å². The highest BCUT2D eigenvalue weighted by atomic mass is 16.3. The summed E-state index contributed by atoms with van der Waals surface area (Å²) in [6, 6.07) is 38.9. The fraction of sp³-hybridized carbons (Fsp3) is 0.0789. The molecule has 0 aliphatic heterocycles. The van der Waals surface area contributed by atoms with Gasteiger partial charge in [-0.25, -0.2) is 4.98 Å². The number of fused-ring (bicyclic) bond motifs is 5. The van der Waals surface area contributed by atoms with E-state index in [0.717, 1.165) is 39.1 Å². The monoisotopic (exact) mass is 528 g/mol. The molecule has 0 aliphatic rings. The van der Waals surface area contributed by atoms with Crippen molar-refractivity contribution >= 4 is 43.5 Å². The van der Waals surface area contributed by atoms with Crippen LogP contribution in [0.2, 0.25) is 0 Å². The quantitative estimate of drug-likeness (QED) is 0.214. The average Bonchev–Trinajstić information content (AvgIpc) is 3.57. The van der Waals surface area contributed by atoms with E-state index < -0.39 is 0 Å². The molecule has 0 saturated carbocycles. The van der Waals surface area contributed by atoms with E-state index in [1.165, 1.54) is 49.4 Å². The van der Waals surface area contributed by atoms with E-state index in [0.29, 0.717) is 0 Å². The molecule has 0 amide bonds. The molecule has 2 aromatic heterocycles. The highest BCUT2D eigenvalue weighted by Gasteiger charge is 2.20. The van der Waals surface area contributed by atoms with Crippen LogP contribution in [0, 0.1) is 20.8 Å². The van der Waals surface area contributed by atoms with E-state index in [9.17, 15) is 0 Å². The lowest BCUT2D eigenvalue weighted by Crippen LogP contribution is -2.00. The molecule has 196 valence electrons. The number of aromatic nitrogens is 2. The third-order valence-corrected chi connectivity index (χ3v) is 8.40. The van der Waals surface area contributed by atoms with E-state index in [2.05, 4.69) is 128 Å². The third-order valence-electron chi connectivity index (χ3n) is 8.40. The van der Waals surface area contributed by atoms with Crippen molar-refractivity contribution in [2.24, 2.45) is 0 Å². The summed E-state index contributed by atoms with van der Waals surface area (Å²) in [5.74, 6) is 0.882. The van der Waals surface area contributed by atoms with Gasteiger partial charge in [-0.15, -0.1) is 0 Å². The van der Waals surface area contributed by atoms with Gasteiger partial charge in [0.2, 0.25) is 0 Å². The van der Waals surface area contributed by atoms with Gasteiger partial charge in [0.1, 0.15) is 17.7 Å². The molecule has 0 atom stereocenters. The van der Waals surface area contributed by atoms with Crippen molar-refractivity contribution < 1.29 is 4.42 Å². The van der Waals surface area contributed by atoms with Gasteiger partial charge in [0.25, 0.3) is 0 Å². The molecule has 0 bridgehead atoms. The van der Waals surface area contributed by atoms with Crippen LogP contribution in [0.25, 0.3) is 71.7 Å². The predicted octanol–water partition coefficient (Wildman–Crippen LogP) is 10.3. The van der Waals surface area contributed by atoms with Gasteiger partial charge in [-0.05, 0) is 107 Å². The van der Waals surface area contributed by atoms with Gasteiger partial charge in [-0.1, -0.05) is 72.8 Å². The van der Waals surface area contributed by atoms with Crippen molar-refractivity contribution in [3.8, 4) is 28.2 Å². The summed E-state index contributed by atoms with van der Waals surface area (Å²) in [5.41, 5.74) is 11.3. The largest absolute Gasteiger partial charge is 0.464 e. The summed E-state index contributed by atoms with van der Waals surface area (Å²) in [6.45, 7) is 6.58. The van der Waals surface area contributed by atoms with Gasteiger partial charge < -0.3 is 4.42 Å². The van der Waals surface area contributed by atoms with Crippen molar-refractivity contribution in [2.75, 3.05) is 0 Å². The molecule has 0 saturated heterocycles. The van der Waals surface area contributed by atoms with Crippen molar-refractivity contribution in [1.29, 1.82) is 0 Å². The van der Waals surface area contributed by atoms with Crippen LogP contribution in [0.4, 0.5) is 0 Å². The second-order valence-corrected chi connectivity index (χ2v) is 11.0. The SMILES string of the molecule is Cc1cc(-n2c(-c3coc4cc5c(cc(C)c6ccccc65)cc34)nc3ccccc32)cc(C)c1-c1ccccc1. The minimum atomic E-state index is 0.867. The molecule has 0 N–H and O–H groups in total. The van der Waals surface area contributed by atoms with Gasteiger partial charge in [0.15, 0.2) is 0 Å². The summed E-state index contributed by atoms with van der Waals surface area (Å²) < 4.78 is 8.53. The number of benzene rings is 6. The Bertz CT molecular complexity index is 2260. The minimum Gasteiger partial charge on any atom is -0.464 e. The second-order valence-electron chi connectivity index (χ2n) is 11.0. The molecule has 41 heavy (non-hydrogen) atoms. The van der Waals surface area contributed by atoms with Crippen LogP contribution in [0.5, 0.6) is 0 Å². The first-order valence-electron chi connectivity index (χ1n) is 14.0. The minimum absolute atomic E-state index is 0.867. The summed E-state index contributed by atoms with van der Waals surface area (Å²) in [5, 5.41) is 6.00. The summed E-state index contributed by atoms with van der Waals surface area (Å²) >= 11 is 0. The fourth-order valence-electron chi connectivity index (χ4n) is 6.59. The van der Waals surface area contributed by atoms with Gasteiger partial charge >= 0.3 is 0 Å². The molecule has 0 aliphatic carbocycles. The summed E-state index contributed by atoms with van der Waals surface area (Å²) in [6.07, 6.45) is 1.87. The third kappa shape index (κ3) is 3.63. The molecule has 0 unspecified atom stereocenters. The Morgan fingerprint density at radius 3 is 2.12 bits per heavy atom. The standard InChI is InChI=1S/C38H28N2O/c1-23-17-27-20-32-33(22-41-36(32)21-31(27)30-14-8-7-13-29(23)30)38-39-34-15-9-10-16-35(34)40(38)28-18-24(2)37(25(3)19-28)26-11-5-4-6-12-26/h4-22H,1-3H3. The number of aryl methyl sites for hydroxylation is 3. The number of para-hydroxylation sites is 2. The zero-order chi connectivity index (χ0) is 27.7. The number of furan rings is 1. The van der Waals surface area contributed by atoms with Gasteiger partial charge in [-0.3, -0.25) is 4.57 Å². The highest BCUT2D eigenvalue weighted by molar-refractivity contribution is 6.14. The van der Waals surface area contributed by atoms with Gasteiger partial charge in [0.05, 0.1) is 16.6 Å². The number of rotatable bonds is 3. The Kier molecular flexibility index (Phi) is 5.17. The first kappa shape index (κ1) is 23.7. The zero-order valence-electron chi connectivity index (χ0n) is 23.3. The molecular weight excluding hydrogens is 500 g/mol. The van der Waals surface area contributed by atoms with E-state index >= 15 is 0 Å². The molecule has 0 fully saturated rings. The lowest BCUT2D eigenvalue weighted by Gasteiger charge is -2.16. The fourth-order valence-corrected chi connectivity index (χ4v) is 6.59. The van der Waals surface area contributed by atoms with Crippen LogP contribution < -0.4 is 0 Å². The first-order chi connectivity index (χ1) is 20.1. The lowest BCUT2D eigenvalue weighted by atomic mass is 9.95. The Balaban J connectivity index is 1.38. The van der Waals surface area contributed by atoms with Crippen molar-refractivity contribution in [1.82, 2.24) is 9.55 Å². The van der Waals surface area contributed by atoms with E-state index in [1.54, 1.807) is 0 Å². The molecule has 0 spiro atoms. The van der Waals surface area contributed by atoms with E-state index in [1.807, 2.05) is 12.3 Å². The zero-order valence-corrected chi connectivity index (χ0v) is 23.3. The molecular formula is C38H28N2O. The van der Waals surface area contributed by atoms with Crippen LogP contribution in [-0.2, 0) is 0 Å². The van der Waals surface area contributed by atoms with Crippen LogP contribution in [-0.4, -0.2) is 9.55 Å². The smallest absolute Gasteiger partial charge is 0.149 e. The summed E-state index contributed by atoms with van der Waals surface area (Å²) in [4.78, 5) is 5.17. The van der Waals surface area contributed by atoms with Crippen LogP contribution >= 0.6 is 0 Å². The Morgan fingerprint density at radius 1 is 0.610 bits per heavy atom. The topological polar surface area (TPSA) is 31.0 Å². The van der Waals surface area contributed by atoms with Crippen molar-refractivity contribution in [2.45, 2.75) is 20.8 Å². The van der Waals surface area contributed by atoms with Crippen LogP contribution in [0.15, 0.2) is 120 Å². The van der Waals surface area contributed by atoms with Gasteiger partial charge in [0, 0.05) is 11.1 Å². The van der Waals surface area contributed by atoms with E-state index in [-0.39, 0.29) is 0 Å². The molecule has 8 rings (SSSR count). The Morgan fingerprint density at radius 2 is 1.32 bits per heavy atom. The lowest BCUT2D eigenvalue weighted by molar-refractivity contribution is 0.617. The second kappa shape index (κ2) is 8.94. The maximum absolute atomic E-state index is 6.25. The van der Waals surface area contributed by atoms with Crippen LogP contribution in [0.3, 0.4) is 0 Å². The normalized spacial score (nSPS) is 11.8. The number of nitrogens with zero attached hydrogens (tertiary/aromatic N) is 2. The molecule has 3 nitrogen and oxygen atoms in total. The number of imidazole rings is 1. The molecule has 0 radical (unpaired) electrons. The number of hydrogen-bond acceptors (Lipinski definition) is 2. The first-order valence-corrected chi connectivity index (χ1v) is 14.0. The van der Waals surface area contributed by atoms with Gasteiger partial charge in [-0.2, -0.15) is 0 Å². The molecule has 8 aromatic rings. The van der Waals surface area contributed by atoms with Crippen LogP contribution in [0.1, 0.15) is 16.7 Å². The molecule has 3 heteroatoms. The molecule has 2 heterocycles. The molecule has 6 aromatic carbocycles. The maximum atomic E-state index is 6.25. The van der Waals surface area contributed by atoms with Crippen molar-refractivity contribution in [3.05, 3.63) is 132 Å². The number of hydrogen-bond donors (Lipinski definition) is 0. The van der Waals surface area contributed by atoms with Crippen molar-refractivity contribution in [3.63, 3.8) is 0 Å². The average molecular weight is 529 g/mol. The Labute approximate surface area is 238 Å².